The molecule has 3 N–H and O–H groups in total. The van der Waals surface area contributed by atoms with E-state index in [9.17, 15) is 15.0 Å². The van der Waals surface area contributed by atoms with Crippen molar-refractivity contribution < 1.29 is 20.1 Å². The van der Waals surface area contributed by atoms with E-state index in [4.69, 9.17) is 5.11 Å². The average molecular weight is 320 g/mol. The van der Waals surface area contributed by atoms with E-state index in [0.717, 1.165) is 22.8 Å². The van der Waals surface area contributed by atoms with Gasteiger partial charge in [-0.1, -0.05) is 53.2 Å². The Balaban J connectivity index is 4.53. The van der Waals surface area contributed by atoms with Crippen LogP contribution in [0.1, 0.15) is 40.5 Å². The molecule has 0 fully saturated rings. The zero-order chi connectivity index (χ0) is 17.8. The summed E-state index contributed by atoms with van der Waals surface area (Å²) in [5.74, 6) is -0.960. The summed E-state index contributed by atoms with van der Waals surface area (Å²) in [6, 6.07) is 0. The highest BCUT2D eigenvalue weighted by atomic mass is 16.4. The molecule has 0 spiro atoms. The smallest absolute Gasteiger partial charge is 0.328 e. The van der Waals surface area contributed by atoms with Crippen molar-refractivity contribution in [2.75, 3.05) is 0 Å². The van der Waals surface area contributed by atoms with Crippen LogP contribution in [0.3, 0.4) is 0 Å². The topological polar surface area (TPSA) is 77.8 Å². The molecule has 0 bridgehead atoms. The Morgan fingerprint density at radius 1 is 1.00 bits per heavy atom. The lowest BCUT2D eigenvalue weighted by molar-refractivity contribution is -0.131. The number of carboxylic acid groups (broad SMARTS) is 1. The maximum atomic E-state index is 10.4. The van der Waals surface area contributed by atoms with Crippen molar-refractivity contribution in [3.8, 4) is 0 Å². The highest BCUT2D eigenvalue weighted by Crippen LogP contribution is 2.07. The van der Waals surface area contributed by atoms with Crippen LogP contribution in [0.25, 0.3) is 0 Å². The molecule has 0 aliphatic rings. The van der Waals surface area contributed by atoms with Gasteiger partial charge >= 0.3 is 5.97 Å². The van der Waals surface area contributed by atoms with Gasteiger partial charge in [0.05, 0.1) is 12.2 Å². The molecule has 0 rings (SSSR count). The summed E-state index contributed by atoms with van der Waals surface area (Å²) in [7, 11) is 0. The first-order valence-corrected chi connectivity index (χ1v) is 7.68. The van der Waals surface area contributed by atoms with E-state index in [1.807, 2.05) is 51.2 Å². The van der Waals surface area contributed by atoms with E-state index >= 15 is 0 Å². The summed E-state index contributed by atoms with van der Waals surface area (Å²) < 4.78 is 0. The molecule has 128 valence electrons. The Morgan fingerprint density at radius 2 is 1.65 bits per heavy atom. The Hall–Kier alpha value is -1.91. The number of hydrogen-bond acceptors (Lipinski definition) is 3. The highest BCUT2D eigenvalue weighted by molar-refractivity contribution is 5.80. The average Bonchev–Trinajstić information content (AvgIpc) is 2.42. The molecule has 0 aromatic rings. The van der Waals surface area contributed by atoms with Gasteiger partial charge in [0.2, 0.25) is 0 Å². The van der Waals surface area contributed by atoms with Crippen molar-refractivity contribution in [1.29, 1.82) is 0 Å². The van der Waals surface area contributed by atoms with E-state index < -0.39 is 18.2 Å². The monoisotopic (exact) mass is 320 g/mol. The SMILES string of the molecule is CC(=C\C=C\C(C)=C\C[C@@H](O)C[C@@H](C)O)/C=C(C)/C=C/C(=O)O. The maximum Gasteiger partial charge on any atom is 0.328 e. The van der Waals surface area contributed by atoms with E-state index in [1.165, 1.54) is 0 Å². The molecule has 0 aromatic carbocycles. The van der Waals surface area contributed by atoms with E-state index in [1.54, 1.807) is 13.0 Å². The van der Waals surface area contributed by atoms with Crippen molar-refractivity contribution in [2.45, 2.75) is 52.7 Å². The van der Waals surface area contributed by atoms with E-state index in [2.05, 4.69) is 0 Å². The number of carboxylic acids is 1. The second-order valence-electron chi connectivity index (χ2n) is 5.75. The molecule has 0 saturated carbocycles. The third kappa shape index (κ3) is 13.5. The molecule has 23 heavy (non-hydrogen) atoms. The van der Waals surface area contributed by atoms with Gasteiger partial charge in [0, 0.05) is 6.08 Å². The summed E-state index contributed by atoms with van der Waals surface area (Å²) in [4.78, 5) is 10.4. The molecule has 0 amide bonds. The summed E-state index contributed by atoms with van der Waals surface area (Å²) >= 11 is 0. The second kappa shape index (κ2) is 11.6. The highest BCUT2D eigenvalue weighted by Gasteiger charge is 2.05. The van der Waals surface area contributed by atoms with Gasteiger partial charge in [-0.3, -0.25) is 0 Å². The second-order valence-corrected chi connectivity index (χ2v) is 5.75. The van der Waals surface area contributed by atoms with Gasteiger partial charge in [-0.05, 0) is 40.5 Å². The van der Waals surface area contributed by atoms with E-state index in [0.29, 0.717) is 12.8 Å². The van der Waals surface area contributed by atoms with Crippen LogP contribution in [0.2, 0.25) is 0 Å². The van der Waals surface area contributed by atoms with Crippen LogP contribution >= 0.6 is 0 Å². The fourth-order valence-corrected chi connectivity index (χ4v) is 1.89. The van der Waals surface area contributed by atoms with Gasteiger partial charge in [0.1, 0.15) is 0 Å². The molecule has 2 atom stereocenters. The molecular weight excluding hydrogens is 292 g/mol. The number of allylic oxidation sites excluding steroid dienone is 8. The predicted octanol–water partition coefficient (Wildman–Crippen LogP) is 3.54. The van der Waals surface area contributed by atoms with Crippen molar-refractivity contribution in [2.24, 2.45) is 0 Å². The first-order chi connectivity index (χ1) is 10.7. The lowest BCUT2D eigenvalue weighted by Crippen LogP contribution is -2.13. The summed E-state index contributed by atoms with van der Waals surface area (Å²) in [6.07, 6.45) is 12.1. The fourth-order valence-electron chi connectivity index (χ4n) is 1.89. The standard InChI is InChI=1S/C19H28O4/c1-14(8-10-18(21)13-17(4)20)6-5-7-15(2)12-16(3)9-11-19(22)23/h5-9,11-12,17-18,20-21H,10,13H2,1-4H3,(H,22,23)/b6-5+,11-9+,14-8+,15-7+,16-12+/t17-,18-/m1/s1. The number of aliphatic hydroxyl groups excluding tert-OH is 2. The lowest BCUT2D eigenvalue weighted by atomic mass is 10.1. The Kier molecular flexibility index (Phi) is 10.7. The predicted molar refractivity (Wildman–Crippen MR) is 94.1 cm³/mol. The van der Waals surface area contributed by atoms with Crippen LogP contribution in [0.15, 0.2) is 59.3 Å². The van der Waals surface area contributed by atoms with Gasteiger partial charge in [0.25, 0.3) is 0 Å². The molecule has 0 heterocycles. The van der Waals surface area contributed by atoms with Crippen molar-refractivity contribution in [3.63, 3.8) is 0 Å². The third-order valence-corrected chi connectivity index (χ3v) is 2.99. The number of rotatable bonds is 9. The third-order valence-electron chi connectivity index (χ3n) is 2.99. The van der Waals surface area contributed by atoms with Gasteiger partial charge in [-0.15, -0.1) is 0 Å². The largest absolute Gasteiger partial charge is 0.478 e. The van der Waals surface area contributed by atoms with Crippen LogP contribution in [0.4, 0.5) is 0 Å². The number of aliphatic hydroxyl groups is 2. The molecule has 4 nitrogen and oxygen atoms in total. The molecular formula is C19H28O4. The zero-order valence-electron chi connectivity index (χ0n) is 14.4. The maximum absolute atomic E-state index is 10.4. The summed E-state index contributed by atoms with van der Waals surface area (Å²) in [5.41, 5.74) is 2.91. The molecule has 0 saturated heterocycles. The number of aliphatic carboxylic acids is 1. The minimum atomic E-state index is -0.960. The van der Waals surface area contributed by atoms with E-state index in [-0.39, 0.29) is 0 Å². The van der Waals surface area contributed by atoms with Gasteiger partial charge in [0.15, 0.2) is 0 Å². The minimum absolute atomic E-state index is 0.375. The van der Waals surface area contributed by atoms with Crippen molar-refractivity contribution >= 4 is 5.97 Å². The van der Waals surface area contributed by atoms with Gasteiger partial charge in [-0.25, -0.2) is 4.79 Å². The number of hydrogen-bond donors (Lipinski definition) is 3. The lowest BCUT2D eigenvalue weighted by Gasteiger charge is -2.09. The van der Waals surface area contributed by atoms with Crippen LogP contribution in [-0.4, -0.2) is 33.5 Å². The minimum Gasteiger partial charge on any atom is -0.478 e. The summed E-state index contributed by atoms with van der Waals surface area (Å²) in [6.45, 7) is 7.39. The van der Waals surface area contributed by atoms with Crippen molar-refractivity contribution in [3.05, 3.63) is 59.3 Å². The van der Waals surface area contributed by atoms with Crippen LogP contribution in [0, 0.1) is 0 Å². The van der Waals surface area contributed by atoms with Gasteiger partial charge < -0.3 is 15.3 Å². The zero-order valence-corrected chi connectivity index (χ0v) is 14.4. The van der Waals surface area contributed by atoms with Crippen LogP contribution < -0.4 is 0 Å². The summed E-state index contributed by atoms with van der Waals surface area (Å²) in [5, 5.41) is 27.4. The number of carbonyl (C=O) groups is 1. The van der Waals surface area contributed by atoms with Crippen LogP contribution in [0.5, 0.6) is 0 Å². The van der Waals surface area contributed by atoms with Gasteiger partial charge in [-0.2, -0.15) is 0 Å². The first kappa shape index (κ1) is 21.1. The molecule has 0 aromatic heterocycles. The molecule has 0 radical (unpaired) electrons. The Bertz CT molecular complexity index is 519. The normalized spacial score (nSPS) is 17.0. The quantitative estimate of drug-likeness (QED) is 0.448. The Labute approximate surface area is 138 Å². The molecule has 0 aliphatic heterocycles. The first-order valence-electron chi connectivity index (χ1n) is 7.68. The molecule has 4 heteroatoms. The fraction of sp³-hybridized carbons (Fsp3) is 0.421. The molecule has 0 unspecified atom stereocenters. The molecule has 0 aliphatic carbocycles. The van der Waals surface area contributed by atoms with Crippen molar-refractivity contribution in [1.82, 2.24) is 0 Å². The Morgan fingerprint density at radius 3 is 2.22 bits per heavy atom. The van der Waals surface area contributed by atoms with Crippen LogP contribution in [-0.2, 0) is 4.79 Å².